The molecule has 1 atom stereocenters. The average molecular weight is 396 g/mol. The molecule has 10 heteroatoms. The lowest BCUT2D eigenvalue weighted by molar-refractivity contribution is 0.478. The summed E-state index contributed by atoms with van der Waals surface area (Å²) in [6.45, 7) is 0.140. The highest BCUT2D eigenvalue weighted by Crippen LogP contribution is 2.31. The van der Waals surface area contributed by atoms with Crippen molar-refractivity contribution in [2.45, 2.75) is 21.6 Å². The summed E-state index contributed by atoms with van der Waals surface area (Å²) in [4.78, 5) is 0. The fourth-order valence-corrected chi connectivity index (χ4v) is 7.38. The Bertz CT molecular complexity index is 886. The van der Waals surface area contributed by atoms with E-state index in [1.54, 1.807) is 12.1 Å². The average Bonchev–Trinajstić information content (AvgIpc) is 3.18. The summed E-state index contributed by atoms with van der Waals surface area (Å²) in [6.07, 6.45) is 1.69. The van der Waals surface area contributed by atoms with E-state index >= 15 is 0 Å². The van der Waals surface area contributed by atoms with E-state index < -0.39 is 25.1 Å². The van der Waals surface area contributed by atoms with Crippen LogP contribution in [0.3, 0.4) is 0 Å². The van der Waals surface area contributed by atoms with E-state index in [-0.39, 0.29) is 29.5 Å². The van der Waals surface area contributed by atoms with Gasteiger partial charge in [0, 0.05) is 13.1 Å². The highest BCUT2D eigenvalue weighted by Gasteiger charge is 2.39. The van der Waals surface area contributed by atoms with Gasteiger partial charge < -0.3 is 4.42 Å². The first-order valence-electron chi connectivity index (χ1n) is 6.78. The lowest BCUT2D eigenvalue weighted by Crippen LogP contribution is -2.32. The Morgan fingerprint density at radius 2 is 2.04 bits per heavy atom. The Balaban J connectivity index is 1.75. The fraction of sp³-hybridized carbons (Fsp3) is 0.385. The molecule has 0 saturated carbocycles. The van der Waals surface area contributed by atoms with Crippen LogP contribution in [0, 0.1) is 0 Å². The molecule has 1 aliphatic heterocycles. The molecule has 0 aliphatic carbocycles. The maximum absolute atomic E-state index is 12.5. The van der Waals surface area contributed by atoms with Gasteiger partial charge in [-0.1, -0.05) is 11.6 Å². The van der Waals surface area contributed by atoms with Crippen LogP contribution in [0.1, 0.15) is 12.2 Å². The summed E-state index contributed by atoms with van der Waals surface area (Å²) in [5, 5.41) is -0.724. The summed E-state index contributed by atoms with van der Waals surface area (Å²) in [5.41, 5.74) is 0. The maximum atomic E-state index is 12.5. The normalized spacial score (nSPS) is 20.1. The maximum Gasteiger partial charge on any atom is 0.252 e. The molecule has 1 aliphatic rings. The second-order valence-electron chi connectivity index (χ2n) is 5.22. The third-order valence-corrected chi connectivity index (χ3v) is 9.33. The minimum atomic E-state index is -3.69. The molecule has 0 aromatic carbocycles. The Morgan fingerprint density at radius 1 is 1.26 bits per heavy atom. The van der Waals surface area contributed by atoms with Crippen molar-refractivity contribution in [1.29, 1.82) is 0 Å². The van der Waals surface area contributed by atoms with E-state index in [2.05, 4.69) is 0 Å². The highest BCUT2D eigenvalue weighted by molar-refractivity contribution is 7.92. The van der Waals surface area contributed by atoms with Gasteiger partial charge in [0.05, 0.1) is 15.8 Å². The van der Waals surface area contributed by atoms with E-state index in [1.807, 2.05) is 0 Å². The number of hydrogen-bond acceptors (Lipinski definition) is 6. The van der Waals surface area contributed by atoms with E-state index in [9.17, 15) is 16.8 Å². The van der Waals surface area contributed by atoms with Crippen molar-refractivity contribution >= 4 is 42.8 Å². The van der Waals surface area contributed by atoms with Crippen LogP contribution in [0.25, 0.3) is 0 Å². The molecule has 23 heavy (non-hydrogen) atoms. The van der Waals surface area contributed by atoms with Gasteiger partial charge >= 0.3 is 0 Å². The van der Waals surface area contributed by atoms with Crippen LogP contribution in [0.4, 0.5) is 0 Å². The molecular formula is C13H14ClNO5S3. The zero-order valence-electron chi connectivity index (χ0n) is 11.9. The zero-order chi connectivity index (χ0) is 16.7. The smallest absolute Gasteiger partial charge is 0.252 e. The van der Waals surface area contributed by atoms with Gasteiger partial charge in [0.25, 0.3) is 10.0 Å². The number of furan rings is 1. The second kappa shape index (κ2) is 6.21. The number of hydrogen-bond donors (Lipinski definition) is 0. The number of thiophene rings is 1. The third kappa shape index (κ3) is 3.48. The Morgan fingerprint density at radius 3 is 2.65 bits per heavy atom. The van der Waals surface area contributed by atoms with Crippen LogP contribution >= 0.6 is 22.9 Å². The monoisotopic (exact) mass is 395 g/mol. The largest absolute Gasteiger partial charge is 0.468 e. The van der Waals surface area contributed by atoms with Crippen LogP contribution in [0.15, 0.2) is 39.2 Å². The number of sulfone groups is 1. The molecular weight excluding hydrogens is 382 g/mol. The molecule has 0 radical (unpaired) electrons. The second-order valence-corrected chi connectivity index (χ2v) is 11.4. The molecule has 2 aromatic heterocycles. The van der Waals surface area contributed by atoms with E-state index in [0.29, 0.717) is 10.1 Å². The predicted octanol–water partition coefficient (Wildman–Crippen LogP) is 2.37. The van der Waals surface area contributed by atoms with Crippen LogP contribution in [-0.2, 0) is 25.6 Å². The zero-order valence-corrected chi connectivity index (χ0v) is 15.1. The molecule has 126 valence electrons. The van der Waals surface area contributed by atoms with Crippen molar-refractivity contribution in [3.63, 3.8) is 0 Å². The summed E-state index contributed by atoms with van der Waals surface area (Å²) in [5.74, 6) is 0.139. The van der Waals surface area contributed by atoms with E-state index in [0.717, 1.165) is 11.3 Å². The van der Waals surface area contributed by atoms with Crippen molar-refractivity contribution in [2.24, 2.45) is 0 Å². The van der Waals surface area contributed by atoms with Crippen LogP contribution < -0.4 is 0 Å². The summed E-state index contributed by atoms with van der Waals surface area (Å²) in [6, 6.07) is 6.17. The Labute approximate surface area is 143 Å². The molecule has 1 fully saturated rings. The van der Waals surface area contributed by atoms with Gasteiger partial charge in [0.2, 0.25) is 0 Å². The standard InChI is InChI=1S/C13H14ClNO5S3/c14-12-3-4-13(21-12)23(18,19)15-6-5-11(8-15)22(16,17)9-10-2-1-7-20-10/h1-4,7,11H,5-6,8-9H2. The van der Waals surface area contributed by atoms with Gasteiger partial charge in [-0.3, -0.25) is 0 Å². The van der Waals surface area contributed by atoms with Gasteiger partial charge in [-0.15, -0.1) is 11.3 Å². The minimum absolute atomic E-state index is 0.0408. The highest BCUT2D eigenvalue weighted by atomic mass is 35.5. The molecule has 1 unspecified atom stereocenters. The van der Waals surface area contributed by atoms with Crippen molar-refractivity contribution in [2.75, 3.05) is 13.1 Å². The molecule has 3 rings (SSSR count). The molecule has 6 nitrogen and oxygen atoms in total. The summed E-state index contributed by atoms with van der Waals surface area (Å²) < 4.78 is 56.6. The first-order valence-corrected chi connectivity index (χ1v) is 11.1. The minimum Gasteiger partial charge on any atom is -0.468 e. The molecule has 0 amide bonds. The quantitative estimate of drug-likeness (QED) is 0.775. The number of halogens is 1. The van der Waals surface area contributed by atoms with E-state index in [4.69, 9.17) is 16.0 Å². The Hall–Kier alpha value is -0.870. The van der Waals surface area contributed by atoms with Gasteiger partial charge in [-0.05, 0) is 30.7 Å². The lowest BCUT2D eigenvalue weighted by atomic mass is 10.4. The van der Waals surface area contributed by atoms with Gasteiger partial charge in [-0.25, -0.2) is 16.8 Å². The van der Waals surface area contributed by atoms with Gasteiger partial charge in [0.1, 0.15) is 15.7 Å². The molecule has 0 spiro atoms. The molecule has 3 heterocycles. The number of sulfonamides is 1. The fourth-order valence-electron chi connectivity index (χ4n) is 2.48. The molecule has 2 aromatic rings. The topological polar surface area (TPSA) is 84.7 Å². The first-order chi connectivity index (χ1) is 10.8. The van der Waals surface area contributed by atoms with E-state index in [1.165, 1.54) is 22.7 Å². The van der Waals surface area contributed by atoms with Gasteiger partial charge in [0.15, 0.2) is 9.84 Å². The van der Waals surface area contributed by atoms with Crippen LogP contribution in [0.5, 0.6) is 0 Å². The van der Waals surface area contributed by atoms with Crippen molar-refractivity contribution in [3.05, 3.63) is 40.6 Å². The number of nitrogens with zero attached hydrogens (tertiary/aromatic N) is 1. The van der Waals surface area contributed by atoms with Crippen molar-refractivity contribution in [3.8, 4) is 0 Å². The predicted molar refractivity (Wildman–Crippen MR) is 87.8 cm³/mol. The molecule has 0 N–H and O–H groups in total. The van der Waals surface area contributed by atoms with Gasteiger partial charge in [-0.2, -0.15) is 4.31 Å². The summed E-state index contributed by atoms with van der Waals surface area (Å²) in [7, 11) is -7.17. The third-order valence-electron chi connectivity index (χ3n) is 3.68. The molecule has 1 saturated heterocycles. The van der Waals surface area contributed by atoms with Crippen LogP contribution in [-0.4, -0.2) is 39.5 Å². The van der Waals surface area contributed by atoms with Crippen LogP contribution in [0.2, 0.25) is 4.34 Å². The van der Waals surface area contributed by atoms with Crippen molar-refractivity contribution < 1.29 is 21.3 Å². The molecule has 0 bridgehead atoms. The SMILES string of the molecule is O=S(=O)(Cc1ccco1)C1CCN(S(=O)(=O)c2ccc(Cl)s2)C1. The Kier molecular flexibility index (Phi) is 4.58. The lowest BCUT2D eigenvalue weighted by Gasteiger charge is -2.15. The summed E-state index contributed by atoms with van der Waals surface area (Å²) >= 11 is 6.75. The van der Waals surface area contributed by atoms with Crippen molar-refractivity contribution in [1.82, 2.24) is 4.31 Å². The number of rotatable bonds is 5. The first kappa shape index (κ1) is 17.0.